The van der Waals surface area contributed by atoms with Crippen molar-refractivity contribution < 1.29 is 9.47 Å². The standard InChI is InChI=1S/C12H4Cl4O2/c13-5-1-2-8-9(3-5)18-11-7(15)4-6(14)10(16)12(11)17-8/h1-4H. The van der Waals surface area contributed by atoms with Crippen molar-refractivity contribution in [1.29, 1.82) is 0 Å². The molecule has 0 unspecified atom stereocenters. The van der Waals surface area contributed by atoms with Crippen molar-refractivity contribution in [1.82, 2.24) is 0 Å². The maximum atomic E-state index is 6.06. The van der Waals surface area contributed by atoms with Crippen LogP contribution in [0.5, 0.6) is 23.0 Å². The largest absolute Gasteiger partial charge is 0.448 e. The third-order valence-electron chi connectivity index (χ3n) is 2.42. The summed E-state index contributed by atoms with van der Waals surface area (Å²) in [7, 11) is 0. The molecular formula is C12H4Cl4O2. The first kappa shape index (κ1) is 12.2. The van der Waals surface area contributed by atoms with Crippen LogP contribution in [0.1, 0.15) is 0 Å². The molecule has 92 valence electrons. The fraction of sp³-hybridized carbons (Fsp3) is 0. The molecule has 0 aromatic heterocycles. The van der Waals surface area contributed by atoms with Crippen molar-refractivity contribution in [2.75, 3.05) is 0 Å². The minimum Gasteiger partial charge on any atom is -0.448 e. The average molecular weight is 322 g/mol. The van der Waals surface area contributed by atoms with E-state index in [9.17, 15) is 0 Å². The van der Waals surface area contributed by atoms with Crippen LogP contribution in [0.2, 0.25) is 20.1 Å². The Kier molecular flexibility index (Phi) is 2.99. The lowest BCUT2D eigenvalue weighted by Gasteiger charge is -2.22. The molecule has 2 aromatic rings. The second-order valence-corrected chi connectivity index (χ2v) is 5.24. The minimum absolute atomic E-state index is 0.261. The summed E-state index contributed by atoms with van der Waals surface area (Å²) in [6.45, 7) is 0. The van der Waals surface area contributed by atoms with E-state index in [4.69, 9.17) is 55.9 Å². The summed E-state index contributed by atoms with van der Waals surface area (Å²) < 4.78 is 11.3. The predicted molar refractivity (Wildman–Crippen MR) is 73.1 cm³/mol. The lowest BCUT2D eigenvalue weighted by molar-refractivity contribution is 0.360. The summed E-state index contributed by atoms with van der Waals surface area (Å²) in [5, 5.41) is 1.43. The molecule has 0 fully saturated rings. The number of benzene rings is 2. The maximum Gasteiger partial charge on any atom is 0.191 e. The molecule has 1 heterocycles. The molecule has 0 atom stereocenters. The SMILES string of the molecule is Clc1ccc2c(c1)Oc1c(Cl)cc(Cl)c(Cl)c1O2. The number of halogens is 4. The van der Waals surface area contributed by atoms with Gasteiger partial charge < -0.3 is 9.47 Å². The van der Waals surface area contributed by atoms with Crippen LogP contribution in [0.15, 0.2) is 24.3 Å². The maximum absolute atomic E-state index is 6.06. The normalized spacial score (nSPS) is 12.2. The van der Waals surface area contributed by atoms with Crippen LogP contribution in [-0.4, -0.2) is 0 Å². The van der Waals surface area contributed by atoms with E-state index in [0.717, 1.165) is 0 Å². The quantitative estimate of drug-likeness (QED) is 0.459. The fourth-order valence-corrected chi connectivity index (χ4v) is 2.43. The monoisotopic (exact) mass is 320 g/mol. The van der Waals surface area contributed by atoms with Gasteiger partial charge in [-0.1, -0.05) is 46.4 Å². The molecule has 0 spiro atoms. The van der Waals surface area contributed by atoms with E-state index in [2.05, 4.69) is 0 Å². The zero-order valence-electron chi connectivity index (χ0n) is 8.64. The van der Waals surface area contributed by atoms with Gasteiger partial charge in [-0.25, -0.2) is 0 Å². The van der Waals surface area contributed by atoms with Crippen molar-refractivity contribution >= 4 is 46.4 Å². The fourth-order valence-electron chi connectivity index (χ4n) is 1.61. The van der Waals surface area contributed by atoms with Gasteiger partial charge in [0.15, 0.2) is 23.0 Å². The molecule has 1 aliphatic rings. The first-order valence-corrected chi connectivity index (χ1v) is 6.40. The average Bonchev–Trinajstić information content (AvgIpc) is 2.34. The summed E-state index contributed by atoms with van der Waals surface area (Å²) in [5.41, 5.74) is 0. The van der Waals surface area contributed by atoms with Gasteiger partial charge in [-0.2, -0.15) is 0 Å². The van der Waals surface area contributed by atoms with Crippen molar-refractivity contribution in [2.45, 2.75) is 0 Å². The smallest absolute Gasteiger partial charge is 0.191 e. The zero-order chi connectivity index (χ0) is 12.9. The van der Waals surface area contributed by atoms with Crippen molar-refractivity contribution in [3.8, 4) is 23.0 Å². The van der Waals surface area contributed by atoms with Crippen LogP contribution in [-0.2, 0) is 0 Å². The topological polar surface area (TPSA) is 18.5 Å². The molecule has 0 saturated carbocycles. The molecule has 1 aliphatic heterocycles. The Morgan fingerprint density at radius 2 is 1.44 bits per heavy atom. The van der Waals surface area contributed by atoms with Gasteiger partial charge in [0, 0.05) is 11.1 Å². The van der Waals surface area contributed by atoms with Gasteiger partial charge in [0.05, 0.1) is 10.0 Å². The summed E-state index contributed by atoms with van der Waals surface area (Å²) in [5.74, 6) is 1.63. The molecule has 18 heavy (non-hydrogen) atoms. The second kappa shape index (κ2) is 4.39. The van der Waals surface area contributed by atoms with Gasteiger partial charge in [-0.3, -0.25) is 0 Å². The molecule has 0 aliphatic carbocycles. The molecular weight excluding hydrogens is 318 g/mol. The van der Waals surface area contributed by atoms with E-state index in [-0.39, 0.29) is 5.02 Å². The lowest BCUT2D eigenvalue weighted by atomic mass is 10.2. The third-order valence-corrected chi connectivity index (χ3v) is 3.70. The van der Waals surface area contributed by atoms with Gasteiger partial charge in [0.1, 0.15) is 5.02 Å². The lowest BCUT2D eigenvalue weighted by Crippen LogP contribution is -2.00. The summed E-state index contributed by atoms with van der Waals surface area (Å²) >= 11 is 23.9. The molecule has 0 bridgehead atoms. The Morgan fingerprint density at radius 3 is 2.22 bits per heavy atom. The highest BCUT2D eigenvalue weighted by molar-refractivity contribution is 6.44. The Morgan fingerprint density at radius 1 is 0.722 bits per heavy atom. The summed E-state index contributed by atoms with van der Waals surface area (Å²) in [4.78, 5) is 0. The molecule has 2 aromatic carbocycles. The Labute approximate surface area is 123 Å². The third kappa shape index (κ3) is 1.90. The van der Waals surface area contributed by atoms with Gasteiger partial charge >= 0.3 is 0 Å². The van der Waals surface area contributed by atoms with Crippen molar-refractivity contribution in [3.05, 3.63) is 44.4 Å². The molecule has 0 radical (unpaired) electrons. The first-order chi connectivity index (χ1) is 8.56. The Hall–Kier alpha value is -0.800. The van der Waals surface area contributed by atoms with Crippen LogP contribution < -0.4 is 9.47 Å². The van der Waals surface area contributed by atoms with Gasteiger partial charge in [-0.15, -0.1) is 0 Å². The molecule has 0 amide bonds. The number of ether oxygens (including phenoxy) is 2. The van der Waals surface area contributed by atoms with Crippen LogP contribution in [0.4, 0.5) is 0 Å². The van der Waals surface area contributed by atoms with Crippen LogP contribution in [0, 0.1) is 0 Å². The first-order valence-electron chi connectivity index (χ1n) is 4.89. The number of rotatable bonds is 0. The van der Waals surface area contributed by atoms with E-state index in [1.54, 1.807) is 18.2 Å². The van der Waals surface area contributed by atoms with Crippen LogP contribution in [0.25, 0.3) is 0 Å². The molecule has 0 saturated heterocycles. The zero-order valence-corrected chi connectivity index (χ0v) is 11.7. The highest BCUT2D eigenvalue weighted by Crippen LogP contribution is 2.53. The minimum atomic E-state index is 0.261. The predicted octanol–water partition coefficient (Wildman–Crippen LogP) is 6.20. The second-order valence-electron chi connectivity index (χ2n) is 3.61. The number of fused-ring (bicyclic) bond motifs is 2. The van der Waals surface area contributed by atoms with Gasteiger partial charge in [-0.05, 0) is 18.2 Å². The number of hydrogen-bond donors (Lipinski definition) is 0. The summed E-state index contributed by atoms with van der Waals surface area (Å²) in [6, 6.07) is 6.52. The van der Waals surface area contributed by atoms with Crippen LogP contribution in [0.3, 0.4) is 0 Å². The van der Waals surface area contributed by atoms with Gasteiger partial charge in [0.25, 0.3) is 0 Å². The Bertz CT molecular complexity index is 655. The highest BCUT2D eigenvalue weighted by atomic mass is 35.5. The van der Waals surface area contributed by atoms with E-state index in [1.165, 1.54) is 6.07 Å². The van der Waals surface area contributed by atoms with Crippen molar-refractivity contribution in [3.63, 3.8) is 0 Å². The van der Waals surface area contributed by atoms with Crippen LogP contribution >= 0.6 is 46.4 Å². The van der Waals surface area contributed by atoms with E-state index in [1.807, 2.05) is 0 Å². The molecule has 0 N–H and O–H groups in total. The summed E-state index contributed by atoms with van der Waals surface area (Å²) in [6.07, 6.45) is 0. The van der Waals surface area contributed by atoms with E-state index < -0.39 is 0 Å². The molecule has 6 heteroatoms. The van der Waals surface area contributed by atoms with E-state index in [0.29, 0.717) is 38.1 Å². The highest BCUT2D eigenvalue weighted by Gasteiger charge is 2.26. The van der Waals surface area contributed by atoms with Crippen molar-refractivity contribution in [2.24, 2.45) is 0 Å². The Balaban J connectivity index is 2.19. The number of hydrogen-bond acceptors (Lipinski definition) is 2. The molecule has 3 rings (SSSR count). The van der Waals surface area contributed by atoms with E-state index >= 15 is 0 Å². The molecule has 2 nitrogen and oxygen atoms in total. The van der Waals surface area contributed by atoms with Gasteiger partial charge in [0.2, 0.25) is 0 Å².